The summed E-state index contributed by atoms with van der Waals surface area (Å²) in [6, 6.07) is 3.69. The van der Waals surface area contributed by atoms with Crippen molar-refractivity contribution in [2.24, 2.45) is 0 Å². The highest BCUT2D eigenvalue weighted by atomic mass is 16.5. The van der Waals surface area contributed by atoms with Crippen molar-refractivity contribution in [3.8, 4) is 0 Å². The molecule has 0 fully saturated rings. The first kappa shape index (κ1) is 11.6. The number of ketones is 1. The molecule has 0 atom stereocenters. The number of carbonyl (C=O) groups excluding carboxylic acids is 1. The van der Waals surface area contributed by atoms with E-state index in [2.05, 4.69) is 4.98 Å². The third-order valence-electron chi connectivity index (χ3n) is 1.76. The Kier molecular flexibility index (Phi) is 5.33. The van der Waals surface area contributed by atoms with E-state index in [1.165, 1.54) is 6.08 Å². The molecule has 80 valence electrons. The lowest BCUT2D eigenvalue weighted by atomic mass is 10.2. The second kappa shape index (κ2) is 6.90. The molecule has 15 heavy (non-hydrogen) atoms. The Hall–Kier alpha value is -1.48. The molecule has 0 bridgehead atoms. The summed E-state index contributed by atoms with van der Waals surface area (Å²) < 4.78 is 5.12. The van der Waals surface area contributed by atoms with E-state index in [1.807, 2.05) is 19.1 Å². The van der Waals surface area contributed by atoms with Crippen LogP contribution in [0.15, 0.2) is 30.6 Å². The van der Waals surface area contributed by atoms with Crippen LogP contribution in [-0.4, -0.2) is 24.0 Å². The lowest BCUT2D eigenvalue weighted by Crippen LogP contribution is -2.05. The van der Waals surface area contributed by atoms with Gasteiger partial charge in [0.05, 0.1) is 0 Å². The molecular weight excluding hydrogens is 190 g/mol. The summed E-state index contributed by atoms with van der Waals surface area (Å²) in [4.78, 5) is 15.2. The zero-order valence-corrected chi connectivity index (χ0v) is 8.85. The van der Waals surface area contributed by atoms with Crippen LogP contribution in [0.1, 0.15) is 18.9 Å². The molecule has 0 aromatic carbocycles. The van der Waals surface area contributed by atoms with Crippen molar-refractivity contribution in [2.45, 2.75) is 13.3 Å². The fourth-order valence-electron chi connectivity index (χ4n) is 1.03. The smallest absolute Gasteiger partial charge is 0.181 e. The van der Waals surface area contributed by atoms with Crippen LogP contribution >= 0.6 is 0 Å². The van der Waals surface area contributed by atoms with Gasteiger partial charge in [-0.05, 0) is 30.2 Å². The van der Waals surface area contributed by atoms with Crippen molar-refractivity contribution >= 4 is 11.9 Å². The quantitative estimate of drug-likeness (QED) is 0.527. The number of aromatic nitrogens is 1. The molecule has 0 aliphatic carbocycles. The predicted molar refractivity (Wildman–Crippen MR) is 59.4 cm³/mol. The minimum Gasteiger partial charge on any atom is -0.373 e. The summed E-state index contributed by atoms with van der Waals surface area (Å²) in [5.74, 6) is -0.0136. The number of rotatable bonds is 6. The molecule has 1 aromatic rings. The molecular formula is C12H15NO2. The van der Waals surface area contributed by atoms with Gasteiger partial charge in [0.15, 0.2) is 5.78 Å². The lowest BCUT2D eigenvalue weighted by Gasteiger charge is -1.97. The number of nitrogens with zero attached hydrogens (tertiary/aromatic N) is 1. The van der Waals surface area contributed by atoms with E-state index in [4.69, 9.17) is 4.74 Å². The van der Waals surface area contributed by atoms with Crippen LogP contribution in [0.3, 0.4) is 0 Å². The van der Waals surface area contributed by atoms with Gasteiger partial charge in [0, 0.05) is 19.0 Å². The number of hydrogen-bond acceptors (Lipinski definition) is 3. The van der Waals surface area contributed by atoms with E-state index in [0.717, 1.165) is 12.0 Å². The Morgan fingerprint density at radius 1 is 1.47 bits per heavy atom. The largest absolute Gasteiger partial charge is 0.373 e. The van der Waals surface area contributed by atoms with Crippen LogP contribution < -0.4 is 0 Å². The maximum Gasteiger partial charge on any atom is 0.181 e. The summed E-state index contributed by atoms with van der Waals surface area (Å²) in [7, 11) is 0. The molecule has 0 amide bonds. The molecule has 0 aliphatic heterocycles. The summed E-state index contributed by atoms with van der Waals surface area (Å²) in [6.07, 6.45) is 7.61. The number of pyridine rings is 1. The fraction of sp³-hybridized carbons (Fsp3) is 0.333. The van der Waals surface area contributed by atoms with Gasteiger partial charge in [0.25, 0.3) is 0 Å². The minimum absolute atomic E-state index is 0.0136. The topological polar surface area (TPSA) is 39.2 Å². The van der Waals surface area contributed by atoms with E-state index in [-0.39, 0.29) is 12.4 Å². The third kappa shape index (κ3) is 5.08. The monoisotopic (exact) mass is 205 g/mol. The van der Waals surface area contributed by atoms with Crippen LogP contribution in [0.4, 0.5) is 0 Å². The van der Waals surface area contributed by atoms with Gasteiger partial charge in [0.2, 0.25) is 0 Å². The average Bonchev–Trinajstić information content (AvgIpc) is 2.28. The van der Waals surface area contributed by atoms with Gasteiger partial charge >= 0.3 is 0 Å². The summed E-state index contributed by atoms with van der Waals surface area (Å²) >= 11 is 0. The molecule has 1 rings (SSSR count). The van der Waals surface area contributed by atoms with Crippen molar-refractivity contribution in [1.29, 1.82) is 0 Å². The Morgan fingerprint density at radius 3 is 2.87 bits per heavy atom. The summed E-state index contributed by atoms with van der Waals surface area (Å²) in [5, 5.41) is 0. The van der Waals surface area contributed by atoms with Crippen molar-refractivity contribution in [2.75, 3.05) is 13.2 Å². The van der Waals surface area contributed by atoms with Gasteiger partial charge in [-0.2, -0.15) is 0 Å². The molecule has 3 nitrogen and oxygen atoms in total. The van der Waals surface area contributed by atoms with E-state index in [0.29, 0.717) is 6.61 Å². The SMILES string of the molecule is CCCOCC(=O)C=Cc1ccncc1. The van der Waals surface area contributed by atoms with Gasteiger partial charge in [-0.25, -0.2) is 0 Å². The highest BCUT2D eigenvalue weighted by Gasteiger charge is 1.95. The van der Waals surface area contributed by atoms with Crippen LogP contribution in [0.25, 0.3) is 6.08 Å². The molecule has 0 aliphatic rings. The molecule has 0 unspecified atom stereocenters. The molecule has 0 saturated heterocycles. The molecule has 3 heteroatoms. The lowest BCUT2D eigenvalue weighted by molar-refractivity contribution is -0.118. The Labute approximate surface area is 89.8 Å². The van der Waals surface area contributed by atoms with Crippen molar-refractivity contribution < 1.29 is 9.53 Å². The maximum absolute atomic E-state index is 11.3. The molecule has 0 radical (unpaired) electrons. The van der Waals surface area contributed by atoms with Crippen LogP contribution in [0.5, 0.6) is 0 Å². The Morgan fingerprint density at radius 2 is 2.20 bits per heavy atom. The van der Waals surface area contributed by atoms with E-state index < -0.39 is 0 Å². The van der Waals surface area contributed by atoms with Gasteiger partial charge in [-0.3, -0.25) is 9.78 Å². The maximum atomic E-state index is 11.3. The highest BCUT2D eigenvalue weighted by Crippen LogP contribution is 1.99. The Bertz CT molecular complexity index is 320. The van der Waals surface area contributed by atoms with E-state index in [9.17, 15) is 4.79 Å². The normalized spacial score (nSPS) is 10.7. The Balaban J connectivity index is 2.34. The van der Waals surface area contributed by atoms with Crippen LogP contribution in [0, 0.1) is 0 Å². The predicted octanol–water partition coefficient (Wildman–Crippen LogP) is 2.09. The number of carbonyl (C=O) groups is 1. The first-order valence-electron chi connectivity index (χ1n) is 5.01. The molecule has 0 N–H and O–H groups in total. The molecule has 1 heterocycles. The van der Waals surface area contributed by atoms with E-state index >= 15 is 0 Å². The fourth-order valence-corrected chi connectivity index (χ4v) is 1.03. The van der Waals surface area contributed by atoms with E-state index in [1.54, 1.807) is 18.5 Å². The van der Waals surface area contributed by atoms with Gasteiger partial charge in [-0.1, -0.05) is 13.0 Å². The third-order valence-corrected chi connectivity index (χ3v) is 1.76. The van der Waals surface area contributed by atoms with Crippen LogP contribution in [-0.2, 0) is 9.53 Å². The first-order valence-corrected chi connectivity index (χ1v) is 5.01. The van der Waals surface area contributed by atoms with Crippen molar-refractivity contribution in [3.05, 3.63) is 36.2 Å². The molecule has 0 saturated carbocycles. The second-order valence-corrected chi connectivity index (χ2v) is 3.13. The van der Waals surface area contributed by atoms with Gasteiger partial charge in [0.1, 0.15) is 6.61 Å². The average molecular weight is 205 g/mol. The van der Waals surface area contributed by atoms with Crippen molar-refractivity contribution in [3.63, 3.8) is 0 Å². The van der Waals surface area contributed by atoms with Gasteiger partial charge < -0.3 is 4.74 Å². The van der Waals surface area contributed by atoms with Crippen LogP contribution in [0.2, 0.25) is 0 Å². The second-order valence-electron chi connectivity index (χ2n) is 3.13. The number of hydrogen-bond donors (Lipinski definition) is 0. The summed E-state index contributed by atoms with van der Waals surface area (Å²) in [5.41, 5.74) is 0.967. The first-order chi connectivity index (χ1) is 7.33. The van der Waals surface area contributed by atoms with Gasteiger partial charge in [-0.15, -0.1) is 0 Å². The zero-order chi connectivity index (χ0) is 10.9. The van der Waals surface area contributed by atoms with Crippen molar-refractivity contribution in [1.82, 2.24) is 4.98 Å². The highest BCUT2D eigenvalue weighted by molar-refractivity contribution is 5.94. The zero-order valence-electron chi connectivity index (χ0n) is 8.85. The summed E-state index contributed by atoms with van der Waals surface area (Å²) in [6.45, 7) is 2.81. The minimum atomic E-state index is -0.0136. The standard InChI is InChI=1S/C12H15NO2/c1-2-9-15-10-12(14)4-3-11-5-7-13-8-6-11/h3-8H,2,9-10H2,1H3. The number of ether oxygens (including phenoxy) is 1. The molecule has 1 aromatic heterocycles. The molecule has 0 spiro atoms.